The number of hydrogen-bond donors (Lipinski definition) is 3. The second-order valence-electron chi connectivity index (χ2n) is 3.08. The first kappa shape index (κ1) is 14.2. The SMILES string of the molecule is CC(C)C[C@H](N)C(O)C(=O)O.Cl. The van der Waals surface area contributed by atoms with Gasteiger partial charge in [0.05, 0.1) is 0 Å². The summed E-state index contributed by atoms with van der Waals surface area (Å²) in [5.74, 6) is -0.947. The summed E-state index contributed by atoms with van der Waals surface area (Å²) in [4.78, 5) is 10.2. The van der Waals surface area contributed by atoms with Crippen LogP contribution in [-0.2, 0) is 4.79 Å². The van der Waals surface area contributed by atoms with Gasteiger partial charge < -0.3 is 15.9 Å². The molecule has 4 N–H and O–H groups in total. The predicted octanol–water partition coefficient (Wildman–Crippen LogP) is 0.227. The molecule has 0 spiro atoms. The van der Waals surface area contributed by atoms with E-state index in [1.165, 1.54) is 0 Å². The van der Waals surface area contributed by atoms with Crippen LogP contribution in [-0.4, -0.2) is 28.3 Å². The van der Waals surface area contributed by atoms with E-state index in [0.29, 0.717) is 12.3 Å². The molecule has 74 valence electrons. The van der Waals surface area contributed by atoms with Crippen LogP contribution in [0.15, 0.2) is 0 Å². The zero-order chi connectivity index (χ0) is 9.02. The highest BCUT2D eigenvalue weighted by Crippen LogP contribution is 2.05. The van der Waals surface area contributed by atoms with Gasteiger partial charge in [-0.25, -0.2) is 4.79 Å². The lowest BCUT2D eigenvalue weighted by Crippen LogP contribution is -2.41. The molecule has 0 aliphatic carbocycles. The van der Waals surface area contributed by atoms with Gasteiger partial charge in [-0.05, 0) is 12.3 Å². The molecule has 0 aromatic carbocycles. The van der Waals surface area contributed by atoms with Gasteiger partial charge >= 0.3 is 5.97 Å². The van der Waals surface area contributed by atoms with E-state index in [1.54, 1.807) is 0 Å². The molecule has 1 unspecified atom stereocenters. The largest absolute Gasteiger partial charge is 0.479 e. The minimum Gasteiger partial charge on any atom is -0.479 e. The summed E-state index contributed by atoms with van der Waals surface area (Å²) in [5.41, 5.74) is 5.39. The van der Waals surface area contributed by atoms with Crippen molar-refractivity contribution in [3.8, 4) is 0 Å². The van der Waals surface area contributed by atoms with E-state index in [2.05, 4.69) is 0 Å². The van der Waals surface area contributed by atoms with Crippen molar-refractivity contribution in [2.75, 3.05) is 0 Å². The molecule has 0 fully saturated rings. The molecule has 0 rings (SSSR count). The highest BCUT2D eigenvalue weighted by Gasteiger charge is 2.22. The quantitative estimate of drug-likeness (QED) is 0.603. The van der Waals surface area contributed by atoms with Gasteiger partial charge in [-0.1, -0.05) is 13.8 Å². The van der Waals surface area contributed by atoms with Crippen molar-refractivity contribution in [1.82, 2.24) is 0 Å². The first-order chi connectivity index (χ1) is 4.95. The van der Waals surface area contributed by atoms with Crippen molar-refractivity contribution in [3.05, 3.63) is 0 Å². The van der Waals surface area contributed by atoms with E-state index >= 15 is 0 Å². The number of aliphatic hydroxyl groups excluding tert-OH is 1. The molecule has 5 heteroatoms. The number of halogens is 1. The molecule has 0 amide bonds. The van der Waals surface area contributed by atoms with Gasteiger partial charge in [0.2, 0.25) is 0 Å². The monoisotopic (exact) mass is 197 g/mol. The van der Waals surface area contributed by atoms with Gasteiger partial charge in [0.1, 0.15) is 0 Å². The lowest BCUT2D eigenvalue weighted by atomic mass is 10.0. The lowest BCUT2D eigenvalue weighted by molar-refractivity contribution is -0.147. The van der Waals surface area contributed by atoms with E-state index < -0.39 is 18.1 Å². The zero-order valence-electron chi connectivity index (χ0n) is 7.23. The highest BCUT2D eigenvalue weighted by atomic mass is 35.5. The molecule has 0 saturated heterocycles. The van der Waals surface area contributed by atoms with Crippen molar-refractivity contribution in [2.45, 2.75) is 32.4 Å². The van der Waals surface area contributed by atoms with E-state index in [9.17, 15) is 4.79 Å². The van der Waals surface area contributed by atoms with Crippen molar-refractivity contribution in [2.24, 2.45) is 11.7 Å². The Morgan fingerprint density at radius 1 is 1.50 bits per heavy atom. The van der Waals surface area contributed by atoms with E-state index in [-0.39, 0.29) is 12.4 Å². The molecule has 0 aromatic heterocycles. The van der Waals surface area contributed by atoms with Crippen LogP contribution in [0.4, 0.5) is 0 Å². The smallest absolute Gasteiger partial charge is 0.334 e. The molecule has 2 atom stereocenters. The van der Waals surface area contributed by atoms with Crippen LogP contribution >= 0.6 is 12.4 Å². The first-order valence-electron chi connectivity index (χ1n) is 3.61. The maximum atomic E-state index is 10.2. The maximum Gasteiger partial charge on any atom is 0.334 e. The van der Waals surface area contributed by atoms with Gasteiger partial charge in [-0.15, -0.1) is 12.4 Å². The molecule has 0 bridgehead atoms. The zero-order valence-corrected chi connectivity index (χ0v) is 8.04. The van der Waals surface area contributed by atoms with E-state index in [1.807, 2.05) is 13.8 Å². The second-order valence-corrected chi connectivity index (χ2v) is 3.08. The Balaban J connectivity index is 0. The van der Waals surface area contributed by atoms with E-state index in [0.717, 1.165) is 0 Å². The molecule has 0 heterocycles. The standard InChI is InChI=1S/C7H15NO3.ClH/c1-4(2)3-5(8)6(9)7(10)11;/h4-6,9H,3,8H2,1-2H3,(H,10,11);1H/t5-,6?;/m0./s1. The minimum absolute atomic E-state index is 0. The van der Waals surface area contributed by atoms with Crippen LogP contribution < -0.4 is 5.73 Å². The molecule has 4 nitrogen and oxygen atoms in total. The van der Waals surface area contributed by atoms with Crippen LogP contribution in [0.2, 0.25) is 0 Å². The molecule has 0 aromatic rings. The summed E-state index contributed by atoms with van der Waals surface area (Å²) in [6.45, 7) is 3.85. The van der Waals surface area contributed by atoms with Crippen LogP contribution in [0.5, 0.6) is 0 Å². The molecule has 0 aliphatic heterocycles. The fraction of sp³-hybridized carbons (Fsp3) is 0.857. The number of aliphatic hydroxyl groups is 1. The van der Waals surface area contributed by atoms with Crippen molar-refractivity contribution in [3.63, 3.8) is 0 Å². The van der Waals surface area contributed by atoms with Crippen LogP contribution in [0, 0.1) is 5.92 Å². The van der Waals surface area contributed by atoms with E-state index in [4.69, 9.17) is 15.9 Å². The fourth-order valence-corrected chi connectivity index (χ4v) is 0.856. The van der Waals surface area contributed by atoms with Gasteiger partial charge in [-0.2, -0.15) is 0 Å². The average Bonchev–Trinajstić information content (AvgIpc) is 1.84. The first-order valence-corrected chi connectivity index (χ1v) is 3.61. The number of carboxylic acid groups (broad SMARTS) is 1. The third kappa shape index (κ3) is 5.35. The number of hydrogen-bond acceptors (Lipinski definition) is 3. The highest BCUT2D eigenvalue weighted by molar-refractivity contribution is 5.85. The topological polar surface area (TPSA) is 83.5 Å². The summed E-state index contributed by atoms with van der Waals surface area (Å²) in [5, 5.41) is 17.3. The Kier molecular flexibility index (Phi) is 7.37. The Labute approximate surface area is 78.2 Å². The number of carboxylic acids is 1. The summed E-state index contributed by atoms with van der Waals surface area (Å²) in [6, 6.07) is -0.660. The number of rotatable bonds is 4. The third-order valence-electron chi connectivity index (χ3n) is 1.40. The van der Waals surface area contributed by atoms with Gasteiger partial charge in [-0.3, -0.25) is 0 Å². The van der Waals surface area contributed by atoms with Crippen LogP contribution in [0.1, 0.15) is 20.3 Å². The molecule has 0 radical (unpaired) electrons. The second kappa shape index (κ2) is 6.22. The Morgan fingerprint density at radius 3 is 2.17 bits per heavy atom. The summed E-state index contributed by atoms with van der Waals surface area (Å²) in [6.07, 6.45) is -0.912. The number of aliphatic carboxylic acids is 1. The molecular weight excluding hydrogens is 182 g/mol. The lowest BCUT2D eigenvalue weighted by Gasteiger charge is -2.16. The van der Waals surface area contributed by atoms with Gasteiger partial charge in [0.25, 0.3) is 0 Å². The molecular formula is C7H16ClNO3. The molecule has 12 heavy (non-hydrogen) atoms. The molecule has 0 saturated carbocycles. The minimum atomic E-state index is -1.43. The summed E-state index contributed by atoms with van der Waals surface area (Å²) >= 11 is 0. The maximum absolute atomic E-state index is 10.2. The molecule has 0 aliphatic rings. The summed E-state index contributed by atoms with van der Waals surface area (Å²) in [7, 11) is 0. The Morgan fingerprint density at radius 2 is 1.92 bits per heavy atom. The summed E-state index contributed by atoms with van der Waals surface area (Å²) < 4.78 is 0. The number of carbonyl (C=O) groups is 1. The van der Waals surface area contributed by atoms with Crippen molar-refractivity contribution in [1.29, 1.82) is 0 Å². The fourth-order valence-electron chi connectivity index (χ4n) is 0.856. The Bertz CT molecular complexity index is 141. The average molecular weight is 198 g/mol. The normalized spacial score (nSPS) is 15.1. The number of nitrogens with two attached hydrogens (primary N) is 1. The third-order valence-corrected chi connectivity index (χ3v) is 1.40. The van der Waals surface area contributed by atoms with Crippen molar-refractivity contribution < 1.29 is 15.0 Å². The Hall–Kier alpha value is -0.320. The van der Waals surface area contributed by atoms with Gasteiger partial charge in [0.15, 0.2) is 6.10 Å². The predicted molar refractivity (Wildman–Crippen MR) is 48.3 cm³/mol. The van der Waals surface area contributed by atoms with Crippen LogP contribution in [0.3, 0.4) is 0 Å². The van der Waals surface area contributed by atoms with Crippen molar-refractivity contribution >= 4 is 18.4 Å². The van der Waals surface area contributed by atoms with Crippen LogP contribution in [0.25, 0.3) is 0 Å². The van der Waals surface area contributed by atoms with Gasteiger partial charge in [0, 0.05) is 6.04 Å².